The Morgan fingerprint density at radius 2 is 2.05 bits per heavy atom. The molecule has 0 amide bonds. The summed E-state index contributed by atoms with van der Waals surface area (Å²) >= 11 is 5.24. The highest BCUT2D eigenvalue weighted by atomic mass is 79.9. The van der Waals surface area contributed by atoms with Gasteiger partial charge < -0.3 is 14.8 Å². The van der Waals surface area contributed by atoms with Crippen LogP contribution in [-0.2, 0) is 0 Å². The summed E-state index contributed by atoms with van der Waals surface area (Å²) in [5, 5.41) is 5.54. The van der Waals surface area contributed by atoms with E-state index in [-0.39, 0.29) is 6.04 Å². The molecule has 0 fully saturated rings. The van der Waals surface area contributed by atoms with E-state index in [1.54, 1.807) is 25.6 Å². The van der Waals surface area contributed by atoms with E-state index in [2.05, 4.69) is 46.4 Å². The van der Waals surface area contributed by atoms with Gasteiger partial charge in [-0.3, -0.25) is 0 Å². The zero-order valence-corrected chi connectivity index (χ0v) is 14.2. The van der Waals surface area contributed by atoms with Crippen molar-refractivity contribution in [2.45, 2.75) is 13.0 Å². The monoisotopic (exact) mass is 355 g/mol. The van der Waals surface area contributed by atoms with Gasteiger partial charge in [-0.1, -0.05) is 13.0 Å². The van der Waals surface area contributed by atoms with Crippen LogP contribution in [-0.4, -0.2) is 20.8 Å². The van der Waals surface area contributed by atoms with Crippen LogP contribution >= 0.6 is 27.3 Å². The van der Waals surface area contributed by atoms with E-state index in [1.807, 2.05) is 11.4 Å². The molecule has 2 rings (SSSR count). The Balaban J connectivity index is 2.34. The van der Waals surface area contributed by atoms with Crippen LogP contribution in [0.5, 0.6) is 11.5 Å². The number of hydrogen-bond donors (Lipinski definition) is 1. The van der Waals surface area contributed by atoms with Gasteiger partial charge in [0.2, 0.25) is 0 Å². The van der Waals surface area contributed by atoms with Crippen molar-refractivity contribution in [1.82, 2.24) is 5.32 Å². The molecule has 3 nitrogen and oxygen atoms in total. The highest BCUT2D eigenvalue weighted by molar-refractivity contribution is 9.10. The number of methoxy groups -OCH3 is 2. The van der Waals surface area contributed by atoms with Crippen LogP contribution < -0.4 is 14.8 Å². The summed E-state index contributed by atoms with van der Waals surface area (Å²) in [6, 6.07) is 8.41. The summed E-state index contributed by atoms with van der Waals surface area (Å²) < 4.78 is 11.5. The van der Waals surface area contributed by atoms with Gasteiger partial charge in [0.05, 0.1) is 24.7 Å². The number of hydrogen-bond acceptors (Lipinski definition) is 4. The van der Waals surface area contributed by atoms with Crippen molar-refractivity contribution in [2.24, 2.45) is 0 Å². The largest absolute Gasteiger partial charge is 0.496 e. The Labute approximate surface area is 132 Å². The van der Waals surface area contributed by atoms with Gasteiger partial charge in [0.15, 0.2) is 0 Å². The third kappa shape index (κ3) is 3.34. The second-order valence-corrected chi connectivity index (χ2v) is 6.07. The molecule has 0 saturated carbocycles. The first-order chi connectivity index (χ1) is 9.69. The Morgan fingerprint density at radius 3 is 2.60 bits per heavy atom. The predicted octanol–water partition coefficient (Wildman–Crippen LogP) is 4.23. The molecule has 0 spiro atoms. The van der Waals surface area contributed by atoms with Gasteiger partial charge in [-0.25, -0.2) is 0 Å². The quantitative estimate of drug-likeness (QED) is 0.840. The highest BCUT2D eigenvalue weighted by Crippen LogP contribution is 2.34. The van der Waals surface area contributed by atoms with Gasteiger partial charge in [-0.2, -0.15) is 0 Å². The van der Waals surface area contributed by atoms with E-state index in [4.69, 9.17) is 9.47 Å². The van der Waals surface area contributed by atoms with E-state index in [1.165, 1.54) is 10.4 Å². The van der Waals surface area contributed by atoms with Gasteiger partial charge in [0.1, 0.15) is 11.5 Å². The fourth-order valence-electron chi connectivity index (χ4n) is 2.04. The van der Waals surface area contributed by atoms with E-state index in [0.717, 1.165) is 22.5 Å². The average molecular weight is 356 g/mol. The average Bonchev–Trinajstić information content (AvgIpc) is 2.93. The minimum absolute atomic E-state index is 0.163. The summed E-state index contributed by atoms with van der Waals surface area (Å²) in [4.78, 5) is 1.24. The molecule has 1 N–H and O–H groups in total. The zero-order chi connectivity index (χ0) is 14.5. The second-order valence-electron chi connectivity index (χ2n) is 4.27. The molecule has 1 unspecified atom stereocenters. The molecule has 1 aromatic heterocycles. The lowest BCUT2D eigenvalue weighted by Crippen LogP contribution is -2.21. The number of rotatable bonds is 6. The first-order valence-corrected chi connectivity index (χ1v) is 8.06. The second kappa shape index (κ2) is 7.11. The van der Waals surface area contributed by atoms with E-state index >= 15 is 0 Å². The first-order valence-electron chi connectivity index (χ1n) is 6.38. The van der Waals surface area contributed by atoms with Crippen molar-refractivity contribution in [3.63, 3.8) is 0 Å². The fourth-order valence-corrected chi connectivity index (χ4v) is 3.56. The van der Waals surface area contributed by atoms with Gasteiger partial charge >= 0.3 is 0 Å². The molecule has 5 heteroatoms. The Bertz CT molecular complexity index is 571. The van der Waals surface area contributed by atoms with Crippen molar-refractivity contribution in [3.05, 3.63) is 44.6 Å². The van der Waals surface area contributed by atoms with E-state index < -0.39 is 0 Å². The van der Waals surface area contributed by atoms with Gasteiger partial charge in [0.25, 0.3) is 0 Å². The lowest BCUT2D eigenvalue weighted by molar-refractivity contribution is 0.411. The molecule has 0 aliphatic heterocycles. The Hall–Kier alpha value is -1.04. The molecular weight excluding hydrogens is 338 g/mol. The van der Waals surface area contributed by atoms with Crippen LogP contribution in [0.15, 0.2) is 34.1 Å². The van der Waals surface area contributed by atoms with Crippen molar-refractivity contribution in [2.75, 3.05) is 20.8 Å². The summed E-state index contributed by atoms with van der Waals surface area (Å²) in [5.41, 5.74) is 1.20. The number of ether oxygens (including phenoxy) is 2. The Morgan fingerprint density at radius 1 is 1.25 bits per heavy atom. The molecule has 0 bridgehead atoms. The van der Waals surface area contributed by atoms with Crippen LogP contribution in [0.1, 0.15) is 23.4 Å². The van der Waals surface area contributed by atoms with Gasteiger partial charge in [-0.05, 0) is 46.2 Å². The number of benzene rings is 1. The van der Waals surface area contributed by atoms with Crippen LogP contribution in [0.2, 0.25) is 0 Å². The predicted molar refractivity (Wildman–Crippen MR) is 87.1 cm³/mol. The number of nitrogens with one attached hydrogen (secondary N) is 1. The maximum atomic E-state index is 5.28. The van der Waals surface area contributed by atoms with E-state index in [0.29, 0.717) is 0 Å². The maximum absolute atomic E-state index is 5.28. The standard InChI is InChI=1S/C15H18BrNO2S/c1-4-17-15(14-8-11(18-2)9-20-14)10-5-6-13(19-3)12(16)7-10/h5-9,15,17H,4H2,1-3H3. The van der Waals surface area contributed by atoms with Crippen molar-refractivity contribution >= 4 is 27.3 Å². The molecule has 0 saturated heterocycles. The molecule has 0 aliphatic rings. The van der Waals surface area contributed by atoms with Crippen LogP contribution in [0.4, 0.5) is 0 Å². The molecule has 0 aliphatic carbocycles. The maximum Gasteiger partial charge on any atom is 0.133 e. The molecule has 1 heterocycles. The van der Waals surface area contributed by atoms with Crippen LogP contribution in [0.25, 0.3) is 0 Å². The number of thiophene rings is 1. The minimum Gasteiger partial charge on any atom is -0.496 e. The van der Waals surface area contributed by atoms with Gasteiger partial charge in [0, 0.05) is 10.3 Å². The Kier molecular flexibility index (Phi) is 5.46. The molecule has 1 aromatic carbocycles. The lowest BCUT2D eigenvalue weighted by atomic mass is 10.1. The first kappa shape index (κ1) is 15.4. The molecule has 0 radical (unpaired) electrons. The highest BCUT2D eigenvalue weighted by Gasteiger charge is 2.17. The normalized spacial score (nSPS) is 12.2. The smallest absolute Gasteiger partial charge is 0.133 e. The lowest BCUT2D eigenvalue weighted by Gasteiger charge is -2.18. The third-order valence-corrected chi connectivity index (χ3v) is 4.63. The molecule has 1 atom stereocenters. The molecule has 2 aromatic rings. The summed E-state index contributed by atoms with van der Waals surface area (Å²) in [5.74, 6) is 1.74. The summed E-state index contributed by atoms with van der Waals surface area (Å²) in [6.45, 7) is 3.00. The topological polar surface area (TPSA) is 30.5 Å². The minimum atomic E-state index is 0.163. The van der Waals surface area contributed by atoms with Gasteiger partial charge in [-0.15, -0.1) is 11.3 Å². The van der Waals surface area contributed by atoms with E-state index in [9.17, 15) is 0 Å². The van der Waals surface area contributed by atoms with Crippen molar-refractivity contribution in [3.8, 4) is 11.5 Å². The van der Waals surface area contributed by atoms with Crippen LogP contribution in [0.3, 0.4) is 0 Å². The fraction of sp³-hybridized carbons (Fsp3) is 0.333. The number of halogens is 1. The van der Waals surface area contributed by atoms with Crippen molar-refractivity contribution < 1.29 is 9.47 Å². The summed E-state index contributed by atoms with van der Waals surface area (Å²) in [6.07, 6.45) is 0. The molecule has 108 valence electrons. The SMILES string of the molecule is CCNC(c1ccc(OC)c(Br)c1)c1cc(OC)cs1. The van der Waals surface area contributed by atoms with Crippen molar-refractivity contribution in [1.29, 1.82) is 0 Å². The summed E-state index contributed by atoms with van der Waals surface area (Å²) in [7, 11) is 3.36. The molecular formula is C15H18BrNO2S. The zero-order valence-electron chi connectivity index (χ0n) is 11.8. The third-order valence-electron chi connectivity index (χ3n) is 3.03. The molecule has 20 heavy (non-hydrogen) atoms. The van der Waals surface area contributed by atoms with Crippen LogP contribution in [0, 0.1) is 0 Å².